The van der Waals surface area contributed by atoms with Gasteiger partial charge < -0.3 is 24.3 Å². The number of carbonyl (C=O) groups is 1. The molecule has 196 valence electrons. The minimum atomic E-state index is -0.0346. The van der Waals surface area contributed by atoms with Gasteiger partial charge in [-0.05, 0) is 50.9 Å². The van der Waals surface area contributed by atoms with Crippen LogP contribution in [0.1, 0.15) is 5.56 Å². The average Bonchev–Trinajstić information content (AvgIpc) is 3.38. The van der Waals surface area contributed by atoms with Crippen molar-refractivity contribution in [2.75, 3.05) is 63.2 Å². The van der Waals surface area contributed by atoms with Gasteiger partial charge in [0.2, 0.25) is 11.9 Å². The van der Waals surface area contributed by atoms with Gasteiger partial charge in [-0.3, -0.25) is 9.89 Å². The standard InChI is InChI=1S/C28H32N8O2/c1-5-24(37)34-11-13-35(14-12-34)27-20-7-6-8-23(38-26-18(2)9-10-22-21(26)15-29-32-22)25(20)30-28(31-27)36-16-19(17-36)33(3)4/h5-10,15,19H,1,11-14,16-17H2,2-4H3,(H,29,32). The maximum absolute atomic E-state index is 12.1. The molecule has 2 aliphatic rings. The molecule has 0 aliphatic carbocycles. The van der Waals surface area contributed by atoms with Gasteiger partial charge in [0, 0.05) is 50.7 Å². The average molecular weight is 513 g/mol. The van der Waals surface area contributed by atoms with Crippen molar-refractivity contribution in [1.29, 1.82) is 0 Å². The van der Waals surface area contributed by atoms with Crippen LogP contribution in [-0.4, -0.2) is 95.3 Å². The molecule has 10 heteroatoms. The van der Waals surface area contributed by atoms with Crippen LogP contribution in [0.15, 0.2) is 49.2 Å². The fourth-order valence-corrected chi connectivity index (χ4v) is 5.12. The Morgan fingerprint density at radius 1 is 1.08 bits per heavy atom. The summed E-state index contributed by atoms with van der Waals surface area (Å²) in [5.41, 5.74) is 2.71. The van der Waals surface area contributed by atoms with Crippen LogP contribution < -0.4 is 14.5 Å². The van der Waals surface area contributed by atoms with E-state index in [9.17, 15) is 4.79 Å². The van der Waals surface area contributed by atoms with E-state index in [2.05, 4.69) is 45.6 Å². The number of aromatic nitrogens is 4. The molecular weight excluding hydrogens is 480 g/mol. The number of carbonyl (C=O) groups excluding carboxylic acids is 1. The van der Waals surface area contributed by atoms with Gasteiger partial charge in [0.1, 0.15) is 17.1 Å². The molecule has 2 aromatic carbocycles. The molecule has 2 fully saturated rings. The second-order valence-electron chi connectivity index (χ2n) is 10.2. The number of amides is 1. The van der Waals surface area contributed by atoms with Crippen LogP contribution in [-0.2, 0) is 4.79 Å². The summed E-state index contributed by atoms with van der Waals surface area (Å²) in [6, 6.07) is 10.5. The molecule has 6 rings (SSSR count). The van der Waals surface area contributed by atoms with Gasteiger partial charge in [0.05, 0.1) is 17.1 Å². The number of piperazine rings is 1. The van der Waals surface area contributed by atoms with Gasteiger partial charge in [-0.2, -0.15) is 10.1 Å². The summed E-state index contributed by atoms with van der Waals surface area (Å²) in [6.07, 6.45) is 3.17. The largest absolute Gasteiger partial charge is 0.454 e. The van der Waals surface area contributed by atoms with Crippen LogP contribution in [0.25, 0.3) is 21.8 Å². The van der Waals surface area contributed by atoms with Crippen molar-refractivity contribution < 1.29 is 9.53 Å². The number of nitrogens with zero attached hydrogens (tertiary/aromatic N) is 7. The lowest BCUT2D eigenvalue weighted by Gasteiger charge is -2.43. The van der Waals surface area contributed by atoms with Crippen molar-refractivity contribution >= 4 is 39.5 Å². The van der Waals surface area contributed by atoms with Crippen molar-refractivity contribution in [2.45, 2.75) is 13.0 Å². The Labute approximate surface area is 221 Å². The van der Waals surface area contributed by atoms with E-state index in [1.165, 1.54) is 6.08 Å². The van der Waals surface area contributed by atoms with Crippen molar-refractivity contribution in [3.8, 4) is 11.5 Å². The van der Waals surface area contributed by atoms with Crippen LogP contribution in [0, 0.1) is 6.92 Å². The highest BCUT2D eigenvalue weighted by atomic mass is 16.5. The molecule has 1 N–H and O–H groups in total. The van der Waals surface area contributed by atoms with E-state index < -0.39 is 0 Å². The van der Waals surface area contributed by atoms with E-state index in [1.807, 2.05) is 42.2 Å². The summed E-state index contributed by atoms with van der Waals surface area (Å²) >= 11 is 0. The minimum absolute atomic E-state index is 0.0346. The van der Waals surface area contributed by atoms with E-state index >= 15 is 0 Å². The first-order chi connectivity index (χ1) is 18.4. The van der Waals surface area contributed by atoms with Gasteiger partial charge >= 0.3 is 0 Å². The number of hydrogen-bond donors (Lipinski definition) is 1. The molecule has 2 aliphatic heterocycles. The molecule has 0 unspecified atom stereocenters. The number of aryl methyl sites for hydroxylation is 1. The SMILES string of the molecule is C=CC(=O)N1CCN(c2nc(N3CC(N(C)C)C3)nc3c(Oc4c(C)ccc5[nH]ncc45)cccc23)CC1. The fraction of sp³-hybridized carbons (Fsp3) is 0.357. The topological polar surface area (TPSA) is 93.7 Å². The molecule has 2 aromatic heterocycles. The highest BCUT2D eigenvalue weighted by molar-refractivity contribution is 5.95. The molecule has 0 atom stereocenters. The normalized spacial score (nSPS) is 16.4. The maximum Gasteiger partial charge on any atom is 0.246 e. The number of nitrogens with one attached hydrogen (secondary N) is 1. The van der Waals surface area contributed by atoms with E-state index in [0.29, 0.717) is 43.9 Å². The number of benzene rings is 2. The van der Waals surface area contributed by atoms with E-state index in [0.717, 1.165) is 52.0 Å². The van der Waals surface area contributed by atoms with Crippen LogP contribution >= 0.6 is 0 Å². The second kappa shape index (κ2) is 9.60. The molecule has 1 amide bonds. The zero-order valence-electron chi connectivity index (χ0n) is 22.0. The fourth-order valence-electron chi connectivity index (χ4n) is 5.12. The van der Waals surface area contributed by atoms with Crippen LogP contribution in [0.4, 0.5) is 11.8 Å². The third-order valence-electron chi connectivity index (χ3n) is 7.58. The Hall–Kier alpha value is -4.18. The Balaban J connectivity index is 1.42. The number of hydrogen-bond acceptors (Lipinski definition) is 8. The minimum Gasteiger partial charge on any atom is -0.454 e. The number of likely N-dealkylation sites (N-methyl/N-ethyl adjacent to an activating group) is 1. The Bertz CT molecular complexity index is 1520. The zero-order valence-corrected chi connectivity index (χ0v) is 22.0. The lowest BCUT2D eigenvalue weighted by atomic mass is 10.1. The Morgan fingerprint density at radius 2 is 1.87 bits per heavy atom. The van der Waals surface area contributed by atoms with Crippen LogP contribution in [0.3, 0.4) is 0 Å². The maximum atomic E-state index is 12.1. The summed E-state index contributed by atoms with van der Waals surface area (Å²) in [7, 11) is 4.20. The second-order valence-corrected chi connectivity index (χ2v) is 10.2. The van der Waals surface area contributed by atoms with E-state index in [-0.39, 0.29) is 5.91 Å². The molecule has 0 radical (unpaired) electrons. The smallest absolute Gasteiger partial charge is 0.246 e. The van der Waals surface area contributed by atoms with Crippen LogP contribution in [0.5, 0.6) is 11.5 Å². The molecule has 0 bridgehead atoms. The number of aromatic amines is 1. The lowest BCUT2D eigenvalue weighted by molar-refractivity contribution is -0.126. The van der Waals surface area contributed by atoms with E-state index in [4.69, 9.17) is 14.7 Å². The summed E-state index contributed by atoms with van der Waals surface area (Å²) in [6.45, 7) is 10.0. The molecule has 0 saturated carbocycles. The van der Waals surface area contributed by atoms with Crippen molar-refractivity contribution in [3.05, 3.63) is 54.7 Å². The number of fused-ring (bicyclic) bond motifs is 2. The molecule has 0 spiro atoms. The van der Waals surface area contributed by atoms with Crippen molar-refractivity contribution in [2.24, 2.45) is 0 Å². The number of anilines is 2. The third kappa shape index (κ3) is 4.20. The number of H-pyrrole nitrogens is 1. The van der Waals surface area contributed by atoms with Crippen molar-refractivity contribution in [1.82, 2.24) is 30.0 Å². The first-order valence-corrected chi connectivity index (χ1v) is 12.9. The lowest BCUT2D eigenvalue weighted by Crippen LogP contribution is -2.58. The third-order valence-corrected chi connectivity index (χ3v) is 7.58. The number of para-hydroxylation sites is 1. The molecule has 4 aromatic rings. The van der Waals surface area contributed by atoms with Gasteiger partial charge in [0.25, 0.3) is 0 Å². The first-order valence-electron chi connectivity index (χ1n) is 12.9. The number of ether oxygens (including phenoxy) is 1. The molecule has 4 heterocycles. The van der Waals surface area contributed by atoms with Gasteiger partial charge in [-0.15, -0.1) is 0 Å². The summed E-state index contributed by atoms with van der Waals surface area (Å²) in [4.78, 5) is 30.8. The van der Waals surface area contributed by atoms with Gasteiger partial charge in [-0.25, -0.2) is 4.98 Å². The predicted molar refractivity (Wildman–Crippen MR) is 149 cm³/mol. The van der Waals surface area contributed by atoms with Crippen molar-refractivity contribution in [3.63, 3.8) is 0 Å². The number of rotatable bonds is 6. The van der Waals surface area contributed by atoms with Crippen LogP contribution in [0.2, 0.25) is 0 Å². The van der Waals surface area contributed by atoms with Gasteiger partial charge in [0.15, 0.2) is 5.75 Å². The Morgan fingerprint density at radius 3 is 2.61 bits per heavy atom. The first kappa shape index (κ1) is 24.2. The molecule has 2 saturated heterocycles. The molecule has 38 heavy (non-hydrogen) atoms. The van der Waals surface area contributed by atoms with Gasteiger partial charge in [-0.1, -0.05) is 18.7 Å². The summed E-state index contributed by atoms with van der Waals surface area (Å²) in [5, 5.41) is 9.08. The monoisotopic (exact) mass is 512 g/mol. The highest BCUT2D eigenvalue weighted by Crippen LogP contribution is 2.38. The summed E-state index contributed by atoms with van der Waals surface area (Å²) < 4.78 is 6.59. The highest BCUT2D eigenvalue weighted by Gasteiger charge is 2.32. The molecular formula is C28H32N8O2. The van der Waals surface area contributed by atoms with E-state index in [1.54, 1.807) is 6.20 Å². The molecule has 10 nitrogen and oxygen atoms in total. The zero-order chi connectivity index (χ0) is 26.4. The quantitative estimate of drug-likeness (QED) is 0.394. The predicted octanol–water partition coefficient (Wildman–Crippen LogP) is 3.19. The Kier molecular flexibility index (Phi) is 6.11. The summed E-state index contributed by atoms with van der Waals surface area (Å²) in [5.74, 6) is 2.97.